The van der Waals surface area contributed by atoms with Crippen molar-refractivity contribution in [3.63, 3.8) is 0 Å². The number of methoxy groups -OCH3 is 1. The maximum atomic E-state index is 13.3. The lowest BCUT2D eigenvalue weighted by Crippen LogP contribution is -2.22. The number of hydrogen-bond acceptors (Lipinski definition) is 10. The Balaban J connectivity index is 0.943. The van der Waals surface area contributed by atoms with Gasteiger partial charge in [0, 0.05) is 39.7 Å². The van der Waals surface area contributed by atoms with E-state index < -0.39 is 16.1 Å². The van der Waals surface area contributed by atoms with E-state index in [1.54, 1.807) is 47.9 Å². The van der Waals surface area contributed by atoms with Gasteiger partial charge in [0.2, 0.25) is 0 Å². The average molecular weight is 837 g/mol. The van der Waals surface area contributed by atoms with Crippen LogP contribution < -0.4 is 10.0 Å². The predicted molar refractivity (Wildman–Crippen MR) is 231 cm³/mol. The Bertz CT molecular complexity index is 2990. The van der Waals surface area contributed by atoms with Crippen LogP contribution in [-0.2, 0) is 32.5 Å². The number of amides is 1. The van der Waals surface area contributed by atoms with Gasteiger partial charge in [0.05, 0.1) is 40.9 Å². The van der Waals surface area contributed by atoms with Crippen molar-refractivity contribution >= 4 is 55.5 Å². The van der Waals surface area contributed by atoms with Gasteiger partial charge in [-0.25, -0.2) is 8.42 Å². The molecular formula is C45H40N8O5S2. The zero-order valence-electron chi connectivity index (χ0n) is 33.5. The van der Waals surface area contributed by atoms with E-state index in [2.05, 4.69) is 45.1 Å². The number of carbonyl (C=O) groups is 2. The number of rotatable bonds is 11. The number of esters is 1. The summed E-state index contributed by atoms with van der Waals surface area (Å²) in [5.74, 6) is 0.654. The Morgan fingerprint density at radius 2 is 1.62 bits per heavy atom. The monoisotopic (exact) mass is 836 g/mol. The van der Waals surface area contributed by atoms with Crippen LogP contribution >= 0.6 is 11.3 Å². The number of thiophene rings is 1. The van der Waals surface area contributed by atoms with Crippen molar-refractivity contribution in [2.45, 2.75) is 58.0 Å². The van der Waals surface area contributed by atoms with E-state index in [1.807, 2.05) is 60.9 Å². The van der Waals surface area contributed by atoms with Crippen LogP contribution in [0.2, 0.25) is 0 Å². The third-order valence-corrected chi connectivity index (χ3v) is 13.4. The molecule has 302 valence electrons. The highest BCUT2D eigenvalue weighted by Gasteiger charge is 2.32. The molecule has 4 aromatic carbocycles. The van der Waals surface area contributed by atoms with Crippen LogP contribution in [0.3, 0.4) is 0 Å². The molecule has 13 nitrogen and oxygen atoms in total. The topological polar surface area (TPSA) is 184 Å². The number of hydrogen-bond donors (Lipinski definition) is 3. The summed E-state index contributed by atoms with van der Waals surface area (Å²) in [6.07, 6.45) is 2.30. The van der Waals surface area contributed by atoms with Crippen molar-refractivity contribution < 1.29 is 22.7 Å². The van der Waals surface area contributed by atoms with Gasteiger partial charge in [-0.15, -0.1) is 21.5 Å². The number of sulfonamides is 1. The molecule has 7 aromatic rings. The molecule has 0 spiro atoms. The fourth-order valence-corrected chi connectivity index (χ4v) is 9.75. The van der Waals surface area contributed by atoms with E-state index in [9.17, 15) is 23.3 Å². The summed E-state index contributed by atoms with van der Waals surface area (Å²) in [5.41, 5.74) is 9.12. The molecule has 3 aromatic heterocycles. The number of ether oxygens (including phenoxy) is 1. The molecular weight excluding hydrogens is 797 g/mol. The first-order valence-electron chi connectivity index (χ1n) is 19.2. The Morgan fingerprint density at radius 3 is 2.28 bits per heavy atom. The second-order valence-electron chi connectivity index (χ2n) is 14.5. The Kier molecular flexibility index (Phi) is 10.7. The van der Waals surface area contributed by atoms with E-state index >= 15 is 0 Å². The third-order valence-electron chi connectivity index (χ3n) is 10.8. The Morgan fingerprint density at radius 1 is 0.933 bits per heavy atom. The highest BCUT2D eigenvalue weighted by molar-refractivity contribution is 7.92. The van der Waals surface area contributed by atoms with Crippen molar-refractivity contribution in [1.82, 2.24) is 25.1 Å². The van der Waals surface area contributed by atoms with Gasteiger partial charge < -0.3 is 15.0 Å². The average Bonchev–Trinajstić information content (AvgIpc) is 3.93. The number of H-pyrrole nitrogens is 1. The maximum absolute atomic E-state index is 13.3. The van der Waals surface area contributed by atoms with Crippen LogP contribution in [-0.4, -0.2) is 52.9 Å². The highest BCUT2D eigenvalue weighted by atomic mass is 32.2. The highest BCUT2D eigenvalue weighted by Crippen LogP contribution is 2.40. The summed E-state index contributed by atoms with van der Waals surface area (Å²) in [5, 5.41) is 22.9. The number of anilines is 1. The number of benzene rings is 4. The van der Waals surface area contributed by atoms with Crippen LogP contribution in [0.15, 0.2) is 101 Å². The second-order valence-corrected chi connectivity index (χ2v) is 17.3. The molecule has 1 aliphatic rings. The van der Waals surface area contributed by atoms with Crippen molar-refractivity contribution in [3.8, 4) is 22.2 Å². The van der Waals surface area contributed by atoms with E-state index in [0.29, 0.717) is 45.8 Å². The van der Waals surface area contributed by atoms with Crippen molar-refractivity contribution in [2.24, 2.45) is 4.99 Å². The standard InChI is InChI=1S/C45H40N8O5S2/c1-6-29-17-20-36(42-40(29)34(22-46)24-47-42)52-60(56,57)35-18-7-28(8-19-35)23-48-44(55)33-15-11-31(12-16-33)30-9-13-32(14-10-30)41-39-25(2)26(3)59-45(39)53-27(4)50-51-43(53)37(49-41)21-38(54)58-5/h7-20,24,37,47,52H,6,21,23H2,1-5H3,(H,48,55)/t37-/m0/s1. The molecule has 1 amide bonds. The Hall–Kier alpha value is -6.89. The molecule has 0 saturated heterocycles. The molecule has 0 saturated carbocycles. The van der Waals surface area contributed by atoms with Gasteiger partial charge in [-0.1, -0.05) is 61.5 Å². The van der Waals surface area contributed by atoms with Crippen LogP contribution in [0.25, 0.3) is 27.0 Å². The van der Waals surface area contributed by atoms with Gasteiger partial charge in [-0.2, -0.15) is 5.26 Å². The number of fused-ring (bicyclic) bond motifs is 4. The molecule has 0 radical (unpaired) electrons. The van der Waals surface area contributed by atoms with Crippen LogP contribution in [0, 0.1) is 32.1 Å². The smallest absolute Gasteiger partial charge is 0.308 e. The van der Waals surface area contributed by atoms with E-state index in [0.717, 1.165) is 54.5 Å². The van der Waals surface area contributed by atoms with Crippen LogP contribution in [0.1, 0.15) is 79.7 Å². The van der Waals surface area contributed by atoms with Gasteiger partial charge >= 0.3 is 5.97 Å². The lowest BCUT2D eigenvalue weighted by molar-refractivity contribution is -0.141. The van der Waals surface area contributed by atoms with Crippen LogP contribution in [0.4, 0.5) is 5.69 Å². The fourth-order valence-electron chi connectivity index (χ4n) is 7.46. The van der Waals surface area contributed by atoms with Gasteiger partial charge in [-0.05, 0) is 85.3 Å². The first kappa shape index (κ1) is 39.9. The molecule has 0 bridgehead atoms. The summed E-state index contributed by atoms with van der Waals surface area (Å²) >= 11 is 1.65. The minimum Gasteiger partial charge on any atom is -0.469 e. The number of aryl methyl sites for hydroxylation is 3. The minimum atomic E-state index is -3.95. The number of carbonyl (C=O) groups excluding carboxylic acids is 2. The predicted octanol–water partition coefficient (Wildman–Crippen LogP) is 8.02. The molecule has 15 heteroatoms. The lowest BCUT2D eigenvalue weighted by atomic mass is 9.96. The van der Waals surface area contributed by atoms with E-state index in [-0.39, 0.29) is 29.7 Å². The lowest BCUT2D eigenvalue weighted by Gasteiger charge is -2.12. The summed E-state index contributed by atoms with van der Waals surface area (Å²) in [6.45, 7) is 8.23. The van der Waals surface area contributed by atoms with Crippen molar-refractivity contribution in [1.29, 1.82) is 5.26 Å². The fraction of sp³-hybridized carbons (Fsp3) is 0.200. The molecule has 8 rings (SSSR count). The van der Waals surface area contributed by atoms with Gasteiger partial charge in [0.25, 0.3) is 15.9 Å². The molecule has 0 fully saturated rings. The number of nitriles is 1. The number of nitrogens with zero attached hydrogens (tertiary/aromatic N) is 5. The maximum Gasteiger partial charge on any atom is 0.308 e. The molecule has 1 atom stereocenters. The number of aliphatic imine (C=N–C) groups is 1. The normalized spacial score (nSPS) is 13.5. The summed E-state index contributed by atoms with van der Waals surface area (Å²) in [6, 6.07) is 26.8. The second kappa shape index (κ2) is 16.0. The van der Waals surface area contributed by atoms with Gasteiger partial charge in [-0.3, -0.25) is 23.9 Å². The summed E-state index contributed by atoms with van der Waals surface area (Å²) in [4.78, 5) is 35.0. The van der Waals surface area contributed by atoms with Crippen molar-refractivity contribution in [3.05, 3.63) is 147 Å². The summed E-state index contributed by atoms with van der Waals surface area (Å²) in [7, 11) is -2.58. The minimum absolute atomic E-state index is 0.0250. The number of aromatic nitrogens is 4. The van der Waals surface area contributed by atoms with E-state index in [1.165, 1.54) is 19.2 Å². The molecule has 0 unspecified atom stereocenters. The number of nitrogens with one attached hydrogen (secondary N) is 3. The first-order chi connectivity index (χ1) is 28.9. The van der Waals surface area contributed by atoms with Crippen molar-refractivity contribution in [2.75, 3.05) is 11.8 Å². The largest absolute Gasteiger partial charge is 0.469 e. The zero-order valence-corrected chi connectivity index (χ0v) is 35.1. The molecule has 1 aliphatic heterocycles. The zero-order chi connectivity index (χ0) is 42.3. The number of aromatic amines is 1. The molecule has 60 heavy (non-hydrogen) atoms. The van der Waals surface area contributed by atoms with Crippen LogP contribution in [0.5, 0.6) is 0 Å². The molecule has 4 heterocycles. The third kappa shape index (κ3) is 7.35. The quantitative estimate of drug-likeness (QED) is 0.109. The van der Waals surface area contributed by atoms with Gasteiger partial charge in [0.15, 0.2) is 5.82 Å². The SMILES string of the molecule is CCc1ccc(NS(=O)(=O)c2ccc(CNC(=O)c3ccc(-c4ccc(C5=N[C@@H](CC(=O)OC)c6nnc(C)n6-c6sc(C)c(C)c65)cc4)cc3)cc2)c2[nH]cc(C#N)c12. The Labute approximate surface area is 350 Å². The first-order valence-corrected chi connectivity index (χ1v) is 21.5. The molecule has 3 N–H and O–H groups in total. The van der Waals surface area contributed by atoms with Gasteiger partial charge in [0.1, 0.15) is 22.9 Å². The molecule has 0 aliphatic carbocycles. The van der Waals surface area contributed by atoms with E-state index in [4.69, 9.17) is 9.73 Å². The summed E-state index contributed by atoms with van der Waals surface area (Å²) < 4.78 is 36.3.